The molecule has 1 amide bonds. The SMILES string of the molecule is CNCCCC(=O)Nc1nc(-c2ccccc2C)cs1.Cl. The quantitative estimate of drug-likeness (QED) is 0.799. The van der Waals surface area contributed by atoms with Gasteiger partial charge in [0.1, 0.15) is 0 Å². The molecule has 0 unspecified atom stereocenters. The first kappa shape index (κ1) is 17.6. The maximum atomic E-state index is 11.7. The highest BCUT2D eigenvalue weighted by atomic mass is 35.5. The smallest absolute Gasteiger partial charge is 0.226 e. The molecule has 1 aromatic carbocycles. The maximum absolute atomic E-state index is 11.7. The van der Waals surface area contributed by atoms with Crippen molar-refractivity contribution >= 4 is 34.8 Å². The summed E-state index contributed by atoms with van der Waals surface area (Å²) >= 11 is 1.46. The first-order chi connectivity index (χ1) is 9.70. The van der Waals surface area contributed by atoms with Crippen LogP contribution in [0.1, 0.15) is 18.4 Å². The predicted molar refractivity (Wildman–Crippen MR) is 91.3 cm³/mol. The zero-order valence-electron chi connectivity index (χ0n) is 12.2. The standard InChI is InChI=1S/C15H19N3OS.ClH/c1-11-6-3-4-7-12(11)13-10-20-15(17-13)18-14(19)8-5-9-16-2;/h3-4,6-7,10,16H,5,8-9H2,1-2H3,(H,17,18,19);1H. The lowest BCUT2D eigenvalue weighted by atomic mass is 10.1. The molecule has 21 heavy (non-hydrogen) atoms. The largest absolute Gasteiger partial charge is 0.320 e. The van der Waals surface area contributed by atoms with Gasteiger partial charge in [-0.05, 0) is 32.5 Å². The molecule has 6 heteroatoms. The predicted octanol–water partition coefficient (Wildman–Crippen LogP) is 3.48. The van der Waals surface area contributed by atoms with Gasteiger partial charge in [-0.25, -0.2) is 4.98 Å². The Morgan fingerprint density at radius 2 is 2.10 bits per heavy atom. The fraction of sp³-hybridized carbons (Fsp3) is 0.333. The van der Waals surface area contributed by atoms with Crippen molar-refractivity contribution in [2.45, 2.75) is 19.8 Å². The molecule has 1 aromatic heterocycles. The number of nitrogens with zero attached hydrogens (tertiary/aromatic N) is 1. The molecule has 2 aromatic rings. The second kappa shape index (κ2) is 8.77. The van der Waals surface area contributed by atoms with Crippen LogP contribution in [-0.2, 0) is 4.79 Å². The number of amides is 1. The number of aryl methyl sites for hydroxylation is 1. The summed E-state index contributed by atoms with van der Waals surface area (Å²) in [7, 11) is 1.88. The number of thiazole rings is 1. The summed E-state index contributed by atoms with van der Waals surface area (Å²) in [6, 6.07) is 8.11. The Hall–Kier alpha value is -1.43. The van der Waals surface area contributed by atoms with Gasteiger partial charge in [-0.15, -0.1) is 23.7 Å². The third-order valence-electron chi connectivity index (χ3n) is 3.00. The van der Waals surface area contributed by atoms with Crippen molar-refractivity contribution in [3.8, 4) is 11.3 Å². The molecule has 0 spiro atoms. The highest BCUT2D eigenvalue weighted by molar-refractivity contribution is 7.14. The fourth-order valence-electron chi connectivity index (χ4n) is 1.92. The van der Waals surface area contributed by atoms with E-state index in [1.54, 1.807) is 0 Å². The molecule has 2 N–H and O–H groups in total. The Labute approximate surface area is 135 Å². The number of aromatic nitrogens is 1. The first-order valence-corrected chi connectivity index (χ1v) is 7.54. The van der Waals surface area contributed by atoms with E-state index in [2.05, 4.69) is 28.6 Å². The highest BCUT2D eigenvalue weighted by Crippen LogP contribution is 2.27. The number of rotatable bonds is 6. The van der Waals surface area contributed by atoms with Gasteiger partial charge in [0, 0.05) is 17.4 Å². The average Bonchev–Trinajstić information content (AvgIpc) is 2.88. The summed E-state index contributed by atoms with van der Waals surface area (Å²) in [5, 5.41) is 8.52. The Morgan fingerprint density at radius 1 is 1.33 bits per heavy atom. The van der Waals surface area contributed by atoms with Crippen LogP contribution in [0.25, 0.3) is 11.3 Å². The number of hydrogen-bond acceptors (Lipinski definition) is 4. The topological polar surface area (TPSA) is 54.0 Å². The van der Waals surface area contributed by atoms with Crippen LogP contribution in [0.2, 0.25) is 0 Å². The molecule has 0 saturated heterocycles. The Kier molecular flexibility index (Phi) is 7.36. The molecule has 2 rings (SSSR count). The molecule has 0 aliphatic heterocycles. The Morgan fingerprint density at radius 3 is 2.81 bits per heavy atom. The maximum Gasteiger partial charge on any atom is 0.226 e. The number of carbonyl (C=O) groups is 1. The molecule has 1 heterocycles. The lowest BCUT2D eigenvalue weighted by Gasteiger charge is -2.02. The monoisotopic (exact) mass is 325 g/mol. The van der Waals surface area contributed by atoms with E-state index in [0.717, 1.165) is 24.2 Å². The van der Waals surface area contributed by atoms with Crippen molar-refractivity contribution in [2.75, 3.05) is 18.9 Å². The van der Waals surface area contributed by atoms with E-state index in [1.165, 1.54) is 16.9 Å². The molecular weight excluding hydrogens is 306 g/mol. The van der Waals surface area contributed by atoms with Gasteiger partial charge in [-0.3, -0.25) is 4.79 Å². The van der Waals surface area contributed by atoms with Gasteiger partial charge in [-0.2, -0.15) is 0 Å². The van der Waals surface area contributed by atoms with Crippen LogP contribution in [0.4, 0.5) is 5.13 Å². The minimum absolute atomic E-state index is 0. The van der Waals surface area contributed by atoms with Crippen molar-refractivity contribution in [1.82, 2.24) is 10.3 Å². The molecule has 0 radical (unpaired) electrons. The summed E-state index contributed by atoms with van der Waals surface area (Å²) < 4.78 is 0. The van der Waals surface area contributed by atoms with E-state index in [4.69, 9.17) is 0 Å². The Balaban J connectivity index is 0.00000220. The number of nitrogens with one attached hydrogen (secondary N) is 2. The molecule has 0 atom stereocenters. The number of halogens is 1. The van der Waals surface area contributed by atoms with Crippen molar-refractivity contribution in [3.05, 3.63) is 35.2 Å². The second-order valence-corrected chi connectivity index (χ2v) is 5.47. The average molecular weight is 326 g/mol. The van der Waals surface area contributed by atoms with E-state index in [1.807, 2.05) is 30.6 Å². The summed E-state index contributed by atoms with van der Waals surface area (Å²) in [6.45, 7) is 2.91. The fourth-order valence-corrected chi connectivity index (χ4v) is 2.65. The van der Waals surface area contributed by atoms with Gasteiger partial charge in [0.2, 0.25) is 5.91 Å². The van der Waals surface area contributed by atoms with Crippen LogP contribution in [0, 0.1) is 6.92 Å². The van der Waals surface area contributed by atoms with Gasteiger partial charge in [-0.1, -0.05) is 24.3 Å². The van der Waals surface area contributed by atoms with Crippen LogP contribution in [-0.4, -0.2) is 24.5 Å². The molecule has 0 saturated carbocycles. The minimum atomic E-state index is 0. The number of hydrogen-bond donors (Lipinski definition) is 2. The molecule has 4 nitrogen and oxygen atoms in total. The Bertz CT molecular complexity index is 586. The van der Waals surface area contributed by atoms with Gasteiger partial charge >= 0.3 is 0 Å². The van der Waals surface area contributed by atoms with Gasteiger partial charge in [0.05, 0.1) is 5.69 Å². The first-order valence-electron chi connectivity index (χ1n) is 6.66. The van der Waals surface area contributed by atoms with Gasteiger partial charge in [0.15, 0.2) is 5.13 Å². The van der Waals surface area contributed by atoms with Gasteiger partial charge < -0.3 is 10.6 Å². The summed E-state index contributed by atoms with van der Waals surface area (Å²) in [6.07, 6.45) is 1.35. The highest BCUT2D eigenvalue weighted by Gasteiger charge is 2.09. The van der Waals surface area contributed by atoms with E-state index in [-0.39, 0.29) is 18.3 Å². The molecule has 0 aliphatic carbocycles. The molecule has 114 valence electrons. The van der Waals surface area contributed by atoms with Crippen LogP contribution in [0.3, 0.4) is 0 Å². The lowest BCUT2D eigenvalue weighted by molar-refractivity contribution is -0.116. The summed E-state index contributed by atoms with van der Waals surface area (Å²) in [4.78, 5) is 16.2. The van der Waals surface area contributed by atoms with Crippen molar-refractivity contribution in [1.29, 1.82) is 0 Å². The van der Waals surface area contributed by atoms with E-state index in [0.29, 0.717) is 11.6 Å². The van der Waals surface area contributed by atoms with E-state index < -0.39 is 0 Å². The van der Waals surface area contributed by atoms with Crippen LogP contribution in [0.15, 0.2) is 29.6 Å². The van der Waals surface area contributed by atoms with Crippen molar-refractivity contribution in [3.63, 3.8) is 0 Å². The zero-order chi connectivity index (χ0) is 14.4. The zero-order valence-corrected chi connectivity index (χ0v) is 13.8. The van der Waals surface area contributed by atoms with Crippen LogP contribution < -0.4 is 10.6 Å². The summed E-state index contributed by atoms with van der Waals surface area (Å²) in [5.41, 5.74) is 3.21. The molecule has 0 fully saturated rings. The van der Waals surface area contributed by atoms with Crippen LogP contribution in [0.5, 0.6) is 0 Å². The van der Waals surface area contributed by atoms with Crippen molar-refractivity contribution in [2.24, 2.45) is 0 Å². The minimum Gasteiger partial charge on any atom is -0.320 e. The number of benzene rings is 1. The van der Waals surface area contributed by atoms with Crippen molar-refractivity contribution < 1.29 is 4.79 Å². The summed E-state index contributed by atoms with van der Waals surface area (Å²) in [5.74, 6) is 0.0194. The molecule has 0 aliphatic rings. The normalized spacial score (nSPS) is 10.0. The lowest BCUT2D eigenvalue weighted by Crippen LogP contribution is -2.15. The number of carbonyl (C=O) groups excluding carboxylic acids is 1. The molecule has 0 bridgehead atoms. The van der Waals surface area contributed by atoms with E-state index >= 15 is 0 Å². The number of anilines is 1. The van der Waals surface area contributed by atoms with Gasteiger partial charge in [0.25, 0.3) is 0 Å². The van der Waals surface area contributed by atoms with E-state index in [9.17, 15) is 4.79 Å². The van der Waals surface area contributed by atoms with Crippen LogP contribution >= 0.6 is 23.7 Å². The molecular formula is C15H20ClN3OS. The third kappa shape index (κ3) is 5.12. The second-order valence-electron chi connectivity index (χ2n) is 4.61. The third-order valence-corrected chi connectivity index (χ3v) is 3.76.